The van der Waals surface area contributed by atoms with Crippen LogP contribution in [-0.4, -0.2) is 11.6 Å². The van der Waals surface area contributed by atoms with E-state index in [4.69, 9.17) is 0 Å². The van der Waals surface area contributed by atoms with Crippen LogP contribution in [0.3, 0.4) is 0 Å². The lowest BCUT2D eigenvalue weighted by molar-refractivity contribution is -0.135. The number of carbonyl (C=O) groups is 2. The molecule has 0 N–H and O–H groups in total. The molecular weight excluding hydrogens is 320 g/mol. The Morgan fingerprint density at radius 3 is 2.62 bits per heavy atom. The molecule has 0 unspecified atom stereocenters. The van der Waals surface area contributed by atoms with Gasteiger partial charge in [0.15, 0.2) is 5.78 Å². The molecular formula is C24H36O2. The number of hydrogen-bond acceptors (Lipinski definition) is 2. The van der Waals surface area contributed by atoms with Gasteiger partial charge in [0, 0.05) is 18.8 Å². The van der Waals surface area contributed by atoms with Crippen molar-refractivity contribution < 1.29 is 9.59 Å². The van der Waals surface area contributed by atoms with Gasteiger partial charge in [0.1, 0.15) is 5.78 Å². The molecule has 26 heavy (non-hydrogen) atoms. The van der Waals surface area contributed by atoms with Gasteiger partial charge >= 0.3 is 0 Å². The van der Waals surface area contributed by atoms with Crippen molar-refractivity contribution in [3.63, 3.8) is 0 Å². The van der Waals surface area contributed by atoms with Crippen LogP contribution in [0.1, 0.15) is 85.5 Å². The third-order valence-electron chi connectivity index (χ3n) is 9.28. The summed E-state index contributed by atoms with van der Waals surface area (Å²) in [6.45, 7) is 9.62. The van der Waals surface area contributed by atoms with Crippen LogP contribution in [-0.2, 0) is 9.59 Å². The maximum absolute atomic E-state index is 13.2. The van der Waals surface area contributed by atoms with E-state index in [0.29, 0.717) is 41.7 Å². The highest BCUT2D eigenvalue weighted by atomic mass is 16.1. The molecule has 0 radical (unpaired) electrons. The van der Waals surface area contributed by atoms with Crippen molar-refractivity contribution in [3.8, 4) is 0 Å². The number of hydrogen-bond donors (Lipinski definition) is 0. The quantitative estimate of drug-likeness (QED) is 0.645. The second kappa shape index (κ2) is 6.31. The molecule has 0 bridgehead atoms. The molecule has 4 rings (SSSR count). The molecule has 0 aromatic carbocycles. The lowest BCUT2D eigenvalue weighted by Gasteiger charge is -2.57. The molecule has 3 saturated carbocycles. The van der Waals surface area contributed by atoms with E-state index in [1.54, 1.807) is 0 Å². The number of carbonyl (C=O) groups excluding carboxylic acids is 2. The molecule has 3 fully saturated rings. The third-order valence-corrected chi connectivity index (χ3v) is 9.28. The van der Waals surface area contributed by atoms with Gasteiger partial charge in [-0.25, -0.2) is 0 Å². The first-order valence-electron chi connectivity index (χ1n) is 11.1. The van der Waals surface area contributed by atoms with Gasteiger partial charge in [-0.15, -0.1) is 0 Å². The second-order valence-electron chi connectivity index (χ2n) is 10.4. The number of allylic oxidation sites excluding steroid dienone is 2. The number of Topliss-reactive ketones (excluding diaryl/α,β-unsaturated/α-hetero) is 1. The van der Waals surface area contributed by atoms with Crippen molar-refractivity contribution in [1.82, 2.24) is 0 Å². The highest BCUT2D eigenvalue weighted by Crippen LogP contribution is 2.66. The van der Waals surface area contributed by atoms with E-state index in [-0.39, 0.29) is 11.3 Å². The van der Waals surface area contributed by atoms with Gasteiger partial charge in [-0.05, 0) is 72.7 Å². The second-order valence-corrected chi connectivity index (χ2v) is 10.4. The summed E-state index contributed by atoms with van der Waals surface area (Å²) < 4.78 is 0. The standard InChI is InChI=1S/C24H36O2/c1-5-6-15(2)18-7-8-19-22-20(10-12-24(18,19)4)23(3)11-9-17(25)13-16(23)14-21(22)26/h14-15,18-20,22H,5-13H2,1-4H3/t15-,18-,19+,20+,22+,23+,24-/m1/s1. The fourth-order valence-corrected chi connectivity index (χ4v) is 7.85. The largest absolute Gasteiger partial charge is 0.299 e. The zero-order valence-electron chi connectivity index (χ0n) is 17.1. The van der Waals surface area contributed by atoms with Gasteiger partial charge in [0.2, 0.25) is 0 Å². The van der Waals surface area contributed by atoms with E-state index in [1.807, 2.05) is 6.08 Å². The van der Waals surface area contributed by atoms with Gasteiger partial charge in [-0.2, -0.15) is 0 Å². The van der Waals surface area contributed by atoms with Crippen LogP contribution in [0.25, 0.3) is 0 Å². The van der Waals surface area contributed by atoms with Crippen molar-refractivity contribution in [2.45, 2.75) is 85.5 Å². The third kappa shape index (κ3) is 2.50. The Morgan fingerprint density at radius 1 is 1.12 bits per heavy atom. The fourth-order valence-electron chi connectivity index (χ4n) is 7.85. The summed E-state index contributed by atoms with van der Waals surface area (Å²) in [7, 11) is 0. The monoisotopic (exact) mass is 356 g/mol. The highest BCUT2D eigenvalue weighted by molar-refractivity contribution is 5.96. The smallest absolute Gasteiger partial charge is 0.159 e. The molecule has 0 saturated heterocycles. The van der Waals surface area contributed by atoms with E-state index in [2.05, 4.69) is 27.7 Å². The van der Waals surface area contributed by atoms with Crippen molar-refractivity contribution in [3.05, 3.63) is 11.6 Å². The van der Waals surface area contributed by atoms with Crippen molar-refractivity contribution >= 4 is 11.6 Å². The normalized spacial score (nSPS) is 46.2. The number of fused-ring (bicyclic) bond motifs is 5. The molecule has 2 nitrogen and oxygen atoms in total. The first kappa shape index (κ1) is 18.4. The van der Waals surface area contributed by atoms with Crippen LogP contribution in [0.2, 0.25) is 0 Å². The molecule has 0 aliphatic heterocycles. The molecule has 4 aliphatic carbocycles. The molecule has 0 aromatic heterocycles. The summed E-state index contributed by atoms with van der Waals surface area (Å²) in [6, 6.07) is 0. The van der Waals surface area contributed by atoms with Gasteiger partial charge in [-0.3, -0.25) is 9.59 Å². The minimum Gasteiger partial charge on any atom is -0.299 e. The topological polar surface area (TPSA) is 34.1 Å². The van der Waals surface area contributed by atoms with Crippen molar-refractivity contribution in [2.24, 2.45) is 40.4 Å². The van der Waals surface area contributed by atoms with Crippen LogP contribution in [0, 0.1) is 40.4 Å². The van der Waals surface area contributed by atoms with E-state index >= 15 is 0 Å². The average Bonchev–Trinajstić information content (AvgIpc) is 2.94. The lowest BCUT2D eigenvalue weighted by Crippen LogP contribution is -2.53. The first-order chi connectivity index (χ1) is 12.3. The van der Waals surface area contributed by atoms with Crippen molar-refractivity contribution in [1.29, 1.82) is 0 Å². The van der Waals surface area contributed by atoms with Gasteiger partial charge in [-0.1, -0.05) is 46.1 Å². The van der Waals surface area contributed by atoms with Crippen LogP contribution >= 0.6 is 0 Å². The molecule has 0 spiro atoms. The van der Waals surface area contributed by atoms with E-state index in [0.717, 1.165) is 23.8 Å². The van der Waals surface area contributed by atoms with Gasteiger partial charge < -0.3 is 0 Å². The van der Waals surface area contributed by atoms with Crippen LogP contribution in [0.15, 0.2) is 11.6 Å². The molecule has 7 atom stereocenters. The summed E-state index contributed by atoms with van der Waals surface area (Å²) in [6.07, 6.45) is 11.7. The van der Waals surface area contributed by atoms with Crippen LogP contribution in [0.4, 0.5) is 0 Å². The minimum absolute atomic E-state index is 0.0982. The maximum atomic E-state index is 13.2. The zero-order chi connectivity index (χ0) is 18.7. The van der Waals surface area contributed by atoms with Gasteiger partial charge in [0.25, 0.3) is 0 Å². The van der Waals surface area contributed by atoms with E-state index < -0.39 is 0 Å². The van der Waals surface area contributed by atoms with Crippen LogP contribution < -0.4 is 0 Å². The molecule has 0 amide bonds. The summed E-state index contributed by atoms with van der Waals surface area (Å²) in [4.78, 5) is 25.2. The molecule has 4 aliphatic rings. The SMILES string of the molecule is CCC[C@@H](C)[C@H]1CC[C@H]2[C@@H]3C(=O)C=C4CC(=O)CC[C@]4(C)[C@H]3CC[C@]12C. The zero-order valence-corrected chi connectivity index (χ0v) is 17.1. The Kier molecular flexibility index (Phi) is 4.48. The predicted molar refractivity (Wildman–Crippen MR) is 105 cm³/mol. The Balaban J connectivity index is 1.67. The van der Waals surface area contributed by atoms with Crippen molar-refractivity contribution in [2.75, 3.05) is 0 Å². The Morgan fingerprint density at radius 2 is 1.88 bits per heavy atom. The predicted octanol–water partition coefficient (Wildman–Crippen LogP) is 5.75. The van der Waals surface area contributed by atoms with Gasteiger partial charge in [0.05, 0.1) is 0 Å². The Labute approximate surface area is 159 Å². The first-order valence-corrected chi connectivity index (χ1v) is 11.1. The van der Waals surface area contributed by atoms with Crippen LogP contribution in [0.5, 0.6) is 0 Å². The van der Waals surface area contributed by atoms with E-state index in [1.165, 1.54) is 38.5 Å². The maximum Gasteiger partial charge on any atom is 0.159 e. The highest BCUT2D eigenvalue weighted by Gasteiger charge is 2.61. The fraction of sp³-hybridized carbons (Fsp3) is 0.833. The molecule has 0 aromatic rings. The Bertz CT molecular complexity index is 647. The summed E-state index contributed by atoms with van der Waals surface area (Å²) in [5.41, 5.74) is 1.61. The summed E-state index contributed by atoms with van der Waals surface area (Å²) >= 11 is 0. The minimum atomic E-state index is 0.0982. The molecule has 2 heteroatoms. The number of rotatable bonds is 3. The average molecular weight is 357 g/mol. The summed E-state index contributed by atoms with van der Waals surface area (Å²) in [5.74, 6) is 3.50. The molecule has 144 valence electrons. The molecule has 0 heterocycles. The summed E-state index contributed by atoms with van der Waals surface area (Å²) in [5, 5.41) is 0. The Hall–Kier alpha value is -0.920. The lowest BCUT2D eigenvalue weighted by atomic mass is 9.46. The number of ketones is 2. The van der Waals surface area contributed by atoms with E-state index in [9.17, 15) is 9.59 Å².